The molecule has 1 heterocycles. The van der Waals surface area contributed by atoms with Crippen LogP contribution in [0.1, 0.15) is 19.2 Å². The smallest absolute Gasteiger partial charge is 0.120 e. The third kappa shape index (κ3) is 3.57. The van der Waals surface area contributed by atoms with Crippen LogP contribution < -0.4 is 5.32 Å². The van der Waals surface area contributed by atoms with Crippen molar-refractivity contribution < 1.29 is 4.74 Å². The zero-order valence-corrected chi connectivity index (χ0v) is 8.21. The Bertz CT molecular complexity index is 211. The van der Waals surface area contributed by atoms with Gasteiger partial charge >= 0.3 is 0 Å². The van der Waals surface area contributed by atoms with Crippen molar-refractivity contribution >= 4 is 0 Å². The van der Waals surface area contributed by atoms with Crippen molar-refractivity contribution in [1.82, 2.24) is 15.3 Å². The van der Waals surface area contributed by atoms with Gasteiger partial charge in [-0.05, 0) is 6.42 Å². The topological polar surface area (TPSA) is 49.9 Å². The summed E-state index contributed by atoms with van der Waals surface area (Å²) in [5.74, 6) is 0.967. The Kier molecular flexibility index (Phi) is 4.49. The van der Waals surface area contributed by atoms with Crippen LogP contribution in [-0.2, 0) is 11.3 Å². The maximum atomic E-state index is 5.07. The van der Waals surface area contributed by atoms with E-state index in [9.17, 15) is 0 Å². The van der Waals surface area contributed by atoms with E-state index in [1.165, 1.54) is 0 Å². The Labute approximate surface area is 78.7 Å². The Morgan fingerprint density at radius 2 is 2.54 bits per heavy atom. The number of ether oxygens (including phenoxy) is 1. The van der Waals surface area contributed by atoms with E-state index in [2.05, 4.69) is 22.2 Å². The monoisotopic (exact) mass is 183 g/mol. The fourth-order valence-electron chi connectivity index (χ4n) is 1.16. The second kappa shape index (κ2) is 5.72. The molecule has 1 aromatic heterocycles. The molecule has 0 aliphatic rings. The highest BCUT2D eigenvalue weighted by Crippen LogP contribution is 1.94. The number of hydrogen-bond donors (Lipinski definition) is 2. The number of rotatable bonds is 6. The summed E-state index contributed by atoms with van der Waals surface area (Å²) in [5, 5.41) is 3.35. The number of nitrogens with zero attached hydrogens (tertiary/aromatic N) is 1. The third-order valence-corrected chi connectivity index (χ3v) is 1.97. The number of imidazole rings is 1. The number of nitrogens with one attached hydrogen (secondary N) is 2. The van der Waals surface area contributed by atoms with Gasteiger partial charge in [-0.1, -0.05) is 6.92 Å². The lowest BCUT2D eigenvalue weighted by molar-refractivity contribution is 0.163. The molecule has 0 fully saturated rings. The standard InChI is InChI=1S/C9H17N3O/c1-3-8(7-13-2)12-6-9-10-4-5-11-9/h4-5,8,12H,3,6-7H2,1-2H3,(H,10,11). The molecular formula is C9H17N3O. The highest BCUT2D eigenvalue weighted by molar-refractivity contribution is 4.86. The summed E-state index contributed by atoms with van der Waals surface area (Å²) in [5.41, 5.74) is 0. The first-order valence-corrected chi connectivity index (χ1v) is 4.57. The SMILES string of the molecule is CCC(COC)NCc1ncc[nH]1. The zero-order chi connectivity index (χ0) is 9.52. The molecule has 0 saturated carbocycles. The molecule has 1 atom stereocenters. The molecule has 0 saturated heterocycles. The number of hydrogen-bond acceptors (Lipinski definition) is 3. The van der Waals surface area contributed by atoms with Crippen molar-refractivity contribution in [3.63, 3.8) is 0 Å². The second-order valence-corrected chi connectivity index (χ2v) is 2.98. The first kappa shape index (κ1) is 10.2. The molecule has 4 heteroatoms. The average molecular weight is 183 g/mol. The lowest BCUT2D eigenvalue weighted by Crippen LogP contribution is -2.32. The molecule has 0 spiro atoms. The summed E-state index contributed by atoms with van der Waals surface area (Å²) in [6.45, 7) is 3.66. The van der Waals surface area contributed by atoms with Crippen LogP contribution in [0.5, 0.6) is 0 Å². The van der Waals surface area contributed by atoms with Crippen molar-refractivity contribution in [3.05, 3.63) is 18.2 Å². The molecule has 2 N–H and O–H groups in total. The van der Waals surface area contributed by atoms with Crippen molar-refractivity contribution in [2.75, 3.05) is 13.7 Å². The first-order valence-electron chi connectivity index (χ1n) is 4.57. The van der Waals surface area contributed by atoms with Crippen LogP contribution in [0, 0.1) is 0 Å². The van der Waals surface area contributed by atoms with Crippen molar-refractivity contribution in [2.24, 2.45) is 0 Å². The van der Waals surface area contributed by atoms with Crippen molar-refractivity contribution in [1.29, 1.82) is 0 Å². The van der Waals surface area contributed by atoms with Gasteiger partial charge in [0.1, 0.15) is 5.82 Å². The van der Waals surface area contributed by atoms with E-state index >= 15 is 0 Å². The van der Waals surface area contributed by atoms with Crippen molar-refractivity contribution in [3.8, 4) is 0 Å². The summed E-state index contributed by atoms with van der Waals surface area (Å²) in [6, 6.07) is 0.412. The molecule has 74 valence electrons. The van der Waals surface area contributed by atoms with Crippen LogP contribution in [-0.4, -0.2) is 29.7 Å². The molecule has 0 bridgehead atoms. The lowest BCUT2D eigenvalue weighted by Gasteiger charge is -2.14. The molecule has 0 amide bonds. The van der Waals surface area contributed by atoms with E-state index in [0.717, 1.165) is 25.4 Å². The number of aromatic nitrogens is 2. The molecule has 13 heavy (non-hydrogen) atoms. The van der Waals surface area contributed by atoms with E-state index in [1.807, 2.05) is 6.20 Å². The summed E-state index contributed by atoms with van der Waals surface area (Å²) in [6.07, 6.45) is 4.65. The predicted molar refractivity (Wildman–Crippen MR) is 51.4 cm³/mol. The fourth-order valence-corrected chi connectivity index (χ4v) is 1.16. The summed E-state index contributed by atoms with van der Waals surface area (Å²) in [7, 11) is 1.72. The van der Waals surface area contributed by atoms with Crippen LogP contribution in [0.15, 0.2) is 12.4 Å². The summed E-state index contributed by atoms with van der Waals surface area (Å²) in [4.78, 5) is 7.17. The van der Waals surface area contributed by atoms with E-state index in [1.54, 1.807) is 13.3 Å². The van der Waals surface area contributed by atoms with Gasteiger partial charge < -0.3 is 15.0 Å². The van der Waals surface area contributed by atoms with E-state index in [4.69, 9.17) is 4.74 Å². The van der Waals surface area contributed by atoms with Gasteiger partial charge in [0.05, 0.1) is 13.2 Å². The number of aromatic amines is 1. The van der Waals surface area contributed by atoms with Crippen molar-refractivity contribution in [2.45, 2.75) is 25.9 Å². The fraction of sp³-hybridized carbons (Fsp3) is 0.667. The Morgan fingerprint density at radius 1 is 1.69 bits per heavy atom. The van der Waals surface area contributed by atoms with Gasteiger partial charge in [-0.3, -0.25) is 0 Å². The van der Waals surface area contributed by atoms with Gasteiger partial charge in [0.2, 0.25) is 0 Å². The zero-order valence-electron chi connectivity index (χ0n) is 8.21. The van der Waals surface area contributed by atoms with Gasteiger partial charge in [0.15, 0.2) is 0 Å². The quantitative estimate of drug-likeness (QED) is 0.689. The number of H-pyrrole nitrogens is 1. The van der Waals surface area contributed by atoms with Crippen LogP contribution in [0.2, 0.25) is 0 Å². The summed E-state index contributed by atoms with van der Waals surface area (Å²) < 4.78 is 5.07. The molecule has 4 nitrogen and oxygen atoms in total. The first-order chi connectivity index (χ1) is 6.36. The van der Waals surface area contributed by atoms with Crippen LogP contribution in [0.4, 0.5) is 0 Å². The second-order valence-electron chi connectivity index (χ2n) is 2.98. The molecule has 1 unspecified atom stereocenters. The maximum Gasteiger partial charge on any atom is 0.120 e. The minimum absolute atomic E-state index is 0.412. The minimum Gasteiger partial charge on any atom is -0.383 e. The Balaban J connectivity index is 2.23. The van der Waals surface area contributed by atoms with E-state index < -0.39 is 0 Å². The Morgan fingerprint density at radius 3 is 3.08 bits per heavy atom. The van der Waals surface area contributed by atoms with Gasteiger partial charge in [-0.2, -0.15) is 0 Å². The van der Waals surface area contributed by atoms with Gasteiger partial charge in [0.25, 0.3) is 0 Å². The van der Waals surface area contributed by atoms with Gasteiger partial charge in [-0.15, -0.1) is 0 Å². The van der Waals surface area contributed by atoms with Crippen LogP contribution in [0.3, 0.4) is 0 Å². The lowest BCUT2D eigenvalue weighted by atomic mass is 10.2. The normalized spacial score (nSPS) is 13.1. The average Bonchev–Trinajstić information content (AvgIpc) is 2.64. The van der Waals surface area contributed by atoms with Crippen LogP contribution in [0.25, 0.3) is 0 Å². The predicted octanol–water partition coefficient (Wildman–Crippen LogP) is 0.924. The molecule has 0 aliphatic heterocycles. The minimum atomic E-state index is 0.412. The van der Waals surface area contributed by atoms with Gasteiger partial charge in [-0.25, -0.2) is 4.98 Å². The maximum absolute atomic E-state index is 5.07. The van der Waals surface area contributed by atoms with Crippen LogP contribution >= 0.6 is 0 Å². The molecule has 0 aromatic carbocycles. The van der Waals surface area contributed by atoms with E-state index in [0.29, 0.717) is 6.04 Å². The third-order valence-electron chi connectivity index (χ3n) is 1.97. The molecule has 0 aliphatic carbocycles. The highest BCUT2D eigenvalue weighted by atomic mass is 16.5. The highest BCUT2D eigenvalue weighted by Gasteiger charge is 2.04. The molecule has 1 aromatic rings. The summed E-state index contributed by atoms with van der Waals surface area (Å²) >= 11 is 0. The molecule has 1 rings (SSSR count). The Hall–Kier alpha value is -0.870. The molecular weight excluding hydrogens is 166 g/mol. The van der Waals surface area contributed by atoms with Gasteiger partial charge in [0, 0.05) is 25.5 Å². The largest absolute Gasteiger partial charge is 0.383 e. The molecule has 0 radical (unpaired) electrons. The number of methoxy groups -OCH3 is 1. The van der Waals surface area contributed by atoms with E-state index in [-0.39, 0.29) is 0 Å².